The van der Waals surface area contributed by atoms with Crippen molar-refractivity contribution in [3.63, 3.8) is 0 Å². The average molecular weight is 264 g/mol. The molecule has 0 radical (unpaired) electrons. The molecule has 1 rings (SSSR count). The molecule has 0 aliphatic heterocycles. The molecule has 0 heterocycles. The Morgan fingerprint density at radius 2 is 1.42 bits per heavy atom. The van der Waals surface area contributed by atoms with Crippen molar-refractivity contribution in [3.05, 3.63) is 64.9 Å². The van der Waals surface area contributed by atoms with Crippen molar-refractivity contribution in [1.82, 2.24) is 0 Å². The van der Waals surface area contributed by atoms with Crippen LogP contribution >= 0.6 is 0 Å². The van der Waals surface area contributed by atoms with Crippen molar-refractivity contribution in [2.24, 2.45) is 10.2 Å². The lowest BCUT2D eigenvalue weighted by atomic mass is 10.1. The van der Waals surface area contributed by atoms with Crippen LogP contribution < -0.4 is 0 Å². The molecule has 96 valence electrons. The molecule has 0 amide bonds. The molecule has 19 heavy (non-hydrogen) atoms. The van der Waals surface area contributed by atoms with E-state index in [1.54, 1.807) is 0 Å². The molecule has 0 N–H and O–H groups in total. The summed E-state index contributed by atoms with van der Waals surface area (Å²) >= 11 is 0. The number of nitrogens with zero attached hydrogens (tertiary/aromatic N) is 8. The van der Waals surface area contributed by atoms with Gasteiger partial charge in [-0.3, -0.25) is 20.2 Å². The highest BCUT2D eigenvalue weighted by Crippen LogP contribution is 2.29. The Morgan fingerprint density at radius 3 is 1.74 bits per heavy atom. The molecular weight excluding hydrogens is 260 g/mol. The van der Waals surface area contributed by atoms with Crippen molar-refractivity contribution in [1.29, 1.82) is 0 Å². The molecular formula is C7H4N8O4. The van der Waals surface area contributed by atoms with Crippen LogP contribution in [0.3, 0.4) is 0 Å². The summed E-state index contributed by atoms with van der Waals surface area (Å²) in [5.74, 6) is 0. The molecule has 0 spiro atoms. The van der Waals surface area contributed by atoms with Crippen molar-refractivity contribution in [2.45, 2.75) is 6.17 Å². The lowest BCUT2D eigenvalue weighted by molar-refractivity contribution is -0.394. The Kier molecular flexibility index (Phi) is 4.20. The Labute approximate surface area is 103 Å². The number of nitro benzene ring substituents is 2. The summed E-state index contributed by atoms with van der Waals surface area (Å²) in [7, 11) is 0. The van der Waals surface area contributed by atoms with E-state index < -0.39 is 27.4 Å². The van der Waals surface area contributed by atoms with Gasteiger partial charge in [0.1, 0.15) is 6.17 Å². The highest BCUT2D eigenvalue weighted by atomic mass is 16.6. The zero-order chi connectivity index (χ0) is 14.4. The number of rotatable bonds is 5. The van der Waals surface area contributed by atoms with E-state index in [1.165, 1.54) is 0 Å². The van der Waals surface area contributed by atoms with Crippen LogP contribution in [0.25, 0.3) is 20.9 Å². The number of nitro groups is 2. The van der Waals surface area contributed by atoms with Gasteiger partial charge in [0.2, 0.25) is 0 Å². The van der Waals surface area contributed by atoms with Gasteiger partial charge >= 0.3 is 0 Å². The number of non-ortho nitro benzene ring substituents is 2. The molecule has 0 fully saturated rings. The Morgan fingerprint density at radius 1 is 1.00 bits per heavy atom. The second-order valence-electron chi connectivity index (χ2n) is 3.08. The zero-order valence-electron chi connectivity index (χ0n) is 9.02. The summed E-state index contributed by atoms with van der Waals surface area (Å²) in [6, 6.07) is 2.61. The summed E-state index contributed by atoms with van der Waals surface area (Å²) in [6.07, 6.45) is -1.44. The van der Waals surface area contributed by atoms with Gasteiger partial charge in [0, 0.05) is 22.0 Å². The third kappa shape index (κ3) is 3.30. The smallest absolute Gasteiger partial charge is 0.258 e. The normalized spacial score (nSPS) is 10.7. The first-order valence-corrected chi connectivity index (χ1v) is 4.51. The predicted octanol–water partition coefficient (Wildman–Crippen LogP) is 3.12. The first-order chi connectivity index (χ1) is 8.99. The summed E-state index contributed by atoms with van der Waals surface area (Å²) < 4.78 is 0. The molecule has 0 bridgehead atoms. The fraction of sp³-hybridized carbons (Fsp3) is 0.143. The van der Waals surface area contributed by atoms with Gasteiger partial charge in [-0.1, -0.05) is 10.2 Å². The topological polar surface area (TPSA) is 184 Å². The molecule has 1 aromatic carbocycles. The monoisotopic (exact) mass is 264 g/mol. The van der Waals surface area contributed by atoms with E-state index in [4.69, 9.17) is 11.1 Å². The standard InChI is InChI=1S/C7H4N8O4/c8-12-10-7(11-13-9)4-1-5(14(16)17)3-6(2-4)15(18)19/h1-3,7H. The molecule has 0 saturated carbocycles. The lowest BCUT2D eigenvalue weighted by Gasteiger charge is -2.04. The fourth-order valence-corrected chi connectivity index (χ4v) is 1.23. The van der Waals surface area contributed by atoms with Crippen LogP contribution in [0.4, 0.5) is 11.4 Å². The van der Waals surface area contributed by atoms with E-state index in [-0.39, 0.29) is 5.56 Å². The minimum Gasteiger partial charge on any atom is -0.258 e. The van der Waals surface area contributed by atoms with Crippen molar-refractivity contribution < 1.29 is 9.85 Å². The Bertz CT molecular complexity index is 580. The van der Waals surface area contributed by atoms with Crippen molar-refractivity contribution >= 4 is 11.4 Å². The van der Waals surface area contributed by atoms with E-state index in [0.717, 1.165) is 18.2 Å². The van der Waals surface area contributed by atoms with Crippen LogP contribution in [-0.4, -0.2) is 9.85 Å². The van der Waals surface area contributed by atoms with E-state index in [2.05, 4.69) is 20.1 Å². The molecule has 0 saturated heterocycles. The molecule has 0 atom stereocenters. The minimum atomic E-state index is -1.44. The second-order valence-corrected chi connectivity index (χ2v) is 3.08. The maximum absolute atomic E-state index is 10.6. The van der Waals surface area contributed by atoms with E-state index in [9.17, 15) is 20.2 Å². The number of azide groups is 1. The van der Waals surface area contributed by atoms with Gasteiger partial charge in [-0.2, -0.15) is 0 Å². The third-order valence-electron chi connectivity index (χ3n) is 1.97. The van der Waals surface area contributed by atoms with Crippen LogP contribution in [0.5, 0.6) is 0 Å². The number of benzene rings is 1. The maximum Gasteiger partial charge on any atom is 0.276 e. The summed E-state index contributed by atoms with van der Waals surface area (Å²) in [5.41, 5.74) is 15.3. The molecule has 12 heteroatoms. The number of hydrogen-bond donors (Lipinski definition) is 0. The quantitative estimate of drug-likeness (QED) is 0.260. The molecule has 0 aromatic heterocycles. The third-order valence-corrected chi connectivity index (χ3v) is 1.97. The highest BCUT2D eigenvalue weighted by Gasteiger charge is 2.19. The van der Waals surface area contributed by atoms with Crippen molar-refractivity contribution in [2.75, 3.05) is 0 Å². The fourth-order valence-electron chi connectivity index (χ4n) is 1.23. The molecule has 0 unspecified atom stereocenters. The number of hydrogen-bond acceptors (Lipinski definition) is 6. The SMILES string of the molecule is [N-]=[N+]=NC(N=[N+]=[N-])c1cc([N+](=O)[O-])cc([N+](=O)[O-])c1. The Balaban J connectivity index is 3.48. The second kappa shape index (κ2) is 5.82. The summed E-state index contributed by atoms with van der Waals surface area (Å²) in [5, 5.41) is 27.5. The first kappa shape index (κ1) is 13.7. The van der Waals surface area contributed by atoms with Crippen LogP contribution in [0.15, 0.2) is 28.4 Å². The maximum atomic E-state index is 10.6. The van der Waals surface area contributed by atoms with Crippen molar-refractivity contribution in [3.8, 4) is 0 Å². The average Bonchev–Trinajstić information content (AvgIpc) is 2.37. The lowest BCUT2D eigenvalue weighted by Crippen LogP contribution is -1.97. The van der Waals surface area contributed by atoms with Gasteiger partial charge in [0.15, 0.2) is 0 Å². The van der Waals surface area contributed by atoms with Gasteiger partial charge in [0.25, 0.3) is 11.4 Å². The van der Waals surface area contributed by atoms with Gasteiger partial charge in [-0.05, 0) is 16.6 Å². The van der Waals surface area contributed by atoms with Gasteiger partial charge < -0.3 is 0 Å². The summed E-state index contributed by atoms with van der Waals surface area (Å²) in [6.45, 7) is 0. The van der Waals surface area contributed by atoms with E-state index in [1.807, 2.05) is 0 Å². The molecule has 0 aliphatic carbocycles. The zero-order valence-corrected chi connectivity index (χ0v) is 9.02. The molecule has 1 aromatic rings. The summed E-state index contributed by atoms with van der Waals surface area (Å²) in [4.78, 5) is 24.4. The molecule has 0 aliphatic rings. The predicted molar refractivity (Wildman–Crippen MR) is 60.8 cm³/mol. The van der Waals surface area contributed by atoms with Crippen LogP contribution in [0, 0.1) is 20.2 Å². The van der Waals surface area contributed by atoms with E-state index >= 15 is 0 Å². The van der Waals surface area contributed by atoms with E-state index in [0.29, 0.717) is 0 Å². The highest BCUT2D eigenvalue weighted by molar-refractivity contribution is 5.47. The van der Waals surface area contributed by atoms with Crippen LogP contribution in [0.2, 0.25) is 0 Å². The minimum absolute atomic E-state index is 0.142. The largest absolute Gasteiger partial charge is 0.276 e. The van der Waals surface area contributed by atoms with Gasteiger partial charge in [-0.25, -0.2) is 0 Å². The molecule has 12 nitrogen and oxygen atoms in total. The van der Waals surface area contributed by atoms with Gasteiger partial charge in [0.05, 0.1) is 15.9 Å². The van der Waals surface area contributed by atoms with Crippen LogP contribution in [0.1, 0.15) is 11.7 Å². The van der Waals surface area contributed by atoms with Gasteiger partial charge in [-0.15, -0.1) is 0 Å². The first-order valence-electron chi connectivity index (χ1n) is 4.51. The Hall–Kier alpha value is -3.36. The van der Waals surface area contributed by atoms with Crippen LogP contribution in [-0.2, 0) is 0 Å².